The van der Waals surface area contributed by atoms with Crippen molar-refractivity contribution in [3.05, 3.63) is 28.5 Å². The van der Waals surface area contributed by atoms with Gasteiger partial charge in [0, 0.05) is 30.9 Å². The summed E-state index contributed by atoms with van der Waals surface area (Å²) >= 11 is 5.98. The van der Waals surface area contributed by atoms with E-state index in [1.807, 2.05) is 13.8 Å². The predicted molar refractivity (Wildman–Crippen MR) is 82.9 cm³/mol. The molecule has 0 radical (unpaired) electrons. The fraction of sp³-hybridized carbons (Fsp3) is 0.600. The van der Waals surface area contributed by atoms with Crippen molar-refractivity contribution >= 4 is 17.5 Å². The van der Waals surface area contributed by atoms with Crippen LogP contribution in [0.5, 0.6) is 0 Å². The zero-order valence-electron chi connectivity index (χ0n) is 12.7. The number of carbonyl (C=O) groups is 1. The highest BCUT2D eigenvalue weighted by Gasteiger charge is 2.19. The number of amides is 1. The zero-order valence-corrected chi connectivity index (χ0v) is 13.5. The molecule has 6 heteroatoms. The number of aromatic nitrogens is 1. The maximum atomic E-state index is 12.2. The zero-order chi connectivity index (χ0) is 15.4. The van der Waals surface area contributed by atoms with Gasteiger partial charge >= 0.3 is 0 Å². The molecular formula is C15H22ClN3O2. The number of hydrogen-bond donors (Lipinski definition) is 1. The van der Waals surface area contributed by atoms with Crippen LogP contribution in [0.25, 0.3) is 0 Å². The lowest BCUT2D eigenvalue weighted by molar-refractivity contribution is -0.0175. The highest BCUT2D eigenvalue weighted by Crippen LogP contribution is 2.17. The van der Waals surface area contributed by atoms with E-state index in [4.69, 9.17) is 16.3 Å². The Morgan fingerprint density at radius 3 is 3.00 bits per heavy atom. The Balaban J connectivity index is 1.96. The van der Waals surface area contributed by atoms with Crippen molar-refractivity contribution < 1.29 is 9.53 Å². The first-order valence-electron chi connectivity index (χ1n) is 7.21. The summed E-state index contributed by atoms with van der Waals surface area (Å²) in [5.74, 6) is 0.0867. The number of rotatable bonds is 4. The SMILES string of the molecule is CC(C)c1cc(C(=O)NCC2CN(C)CCO2)cc(Cl)n1. The Morgan fingerprint density at radius 1 is 1.57 bits per heavy atom. The second-order valence-electron chi connectivity index (χ2n) is 5.72. The third-order valence-electron chi connectivity index (χ3n) is 3.50. The summed E-state index contributed by atoms with van der Waals surface area (Å²) in [7, 11) is 2.05. The van der Waals surface area contributed by atoms with E-state index < -0.39 is 0 Å². The van der Waals surface area contributed by atoms with Gasteiger partial charge in [0.1, 0.15) is 5.15 Å². The standard InChI is InChI=1S/C15H22ClN3O2/c1-10(2)13-6-11(7-14(16)18-13)15(20)17-8-12-9-19(3)4-5-21-12/h6-7,10,12H,4-5,8-9H2,1-3H3,(H,17,20). The predicted octanol–water partition coefficient (Wildman–Crippen LogP) is 1.92. The van der Waals surface area contributed by atoms with Crippen molar-refractivity contribution in [1.82, 2.24) is 15.2 Å². The number of halogens is 1. The number of nitrogens with zero attached hydrogens (tertiary/aromatic N) is 2. The number of hydrogen-bond acceptors (Lipinski definition) is 4. The van der Waals surface area contributed by atoms with Crippen LogP contribution in [0.4, 0.5) is 0 Å². The highest BCUT2D eigenvalue weighted by atomic mass is 35.5. The van der Waals surface area contributed by atoms with Crippen molar-refractivity contribution in [2.24, 2.45) is 0 Å². The molecule has 1 aromatic heterocycles. The molecular weight excluding hydrogens is 290 g/mol. The van der Waals surface area contributed by atoms with Crippen LogP contribution in [-0.4, -0.2) is 55.2 Å². The Bertz CT molecular complexity index is 508. The van der Waals surface area contributed by atoms with Crippen molar-refractivity contribution in [2.75, 3.05) is 33.3 Å². The lowest BCUT2D eigenvalue weighted by atomic mass is 10.1. The summed E-state index contributed by atoms with van der Waals surface area (Å²) < 4.78 is 5.63. The van der Waals surface area contributed by atoms with Gasteiger partial charge in [-0.15, -0.1) is 0 Å². The molecule has 2 rings (SSSR count). The summed E-state index contributed by atoms with van der Waals surface area (Å²) in [6, 6.07) is 3.39. The topological polar surface area (TPSA) is 54.5 Å². The minimum Gasteiger partial charge on any atom is -0.374 e. The van der Waals surface area contributed by atoms with Gasteiger partial charge in [0.25, 0.3) is 5.91 Å². The highest BCUT2D eigenvalue weighted by molar-refractivity contribution is 6.29. The van der Waals surface area contributed by atoms with E-state index in [2.05, 4.69) is 22.2 Å². The van der Waals surface area contributed by atoms with Crippen molar-refractivity contribution in [1.29, 1.82) is 0 Å². The van der Waals surface area contributed by atoms with Crippen LogP contribution in [-0.2, 0) is 4.74 Å². The quantitative estimate of drug-likeness (QED) is 0.863. The van der Waals surface area contributed by atoms with Gasteiger partial charge in [0.05, 0.1) is 12.7 Å². The molecule has 1 saturated heterocycles. The molecule has 1 aromatic rings. The first-order valence-corrected chi connectivity index (χ1v) is 7.59. The molecule has 1 fully saturated rings. The maximum Gasteiger partial charge on any atom is 0.251 e. The Kier molecular flexibility index (Phi) is 5.56. The van der Waals surface area contributed by atoms with Gasteiger partial charge < -0.3 is 15.0 Å². The van der Waals surface area contributed by atoms with Gasteiger partial charge in [-0.25, -0.2) is 4.98 Å². The molecule has 0 spiro atoms. The lowest BCUT2D eigenvalue weighted by Gasteiger charge is -2.30. The van der Waals surface area contributed by atoms with E-state index in [0.29, 0.717) is 23.9 Å². The largest absolute Gasteiger partial charge is 0.374 e. The van der Waals surface area contributed by atoms with Crippen LogP contribution >= 0.6 is 11.6 Å². The minimum absolute atomic E-state index is 0.0366. The van der Waals surface area contributed by atoms with Crippen LogP contribution in [0, 0.1) is 0 Å². The van der Waals surface area contributed by atoms with Crippen LogP contribution in [0.3, 0.4) is 0 Å². The van der Waals surface area contributed by atoms with Crippen molar-refractivity contribution in [3.8, 4) is 0 Å². The van der Waals surface area contributed by atoms with Gasteiger partial charge in [0.2, 0.25) is 0 Å². The first-order chi connectivity index (χ1) is 9.95. The number of likely N-dealkylation sites (N-methyl/N-ethyl adjacent to an activating group) is 1. The summed E-state index contributed by atoms with van der Waals surface area (Å²) in [4.78, 5) is 18.7. The van der Waals surface area contributed by atoms with Gasteiger partial charge in [-0.1, -0.05) is 25.4 Å². The van der Waals surface area contributed by atoms with Gasteiger partial charge in [-0.2, -0.15) is 0 Å². The summed E-state index contributed by atoms with van der Waals surface area (Å²) in [5, 5.41) is 3.25. The van der Waals surface area contributed by atoms with Crippen molar-refractivity contribution in [3.63, 3.8) is 0 Å². The smallest absolute Gasteiger partial charge is 0.251 e. The molecule has 1 aliphatic heterocycles. The molecule has 2 heterocycles. The van der Waals surface area contributed by atoms with Crippen LogP contribution in [0.15, 0.2) is 12.1 Å². The molecule has 5 nitrogen and oxygen atoms in total. The fourth-order valence-corrected chi connectivity index (χ4v) is 2.46. The molecule has 1 amide bonds. The normalized spacial score (nSPS) is 19.8. The number of carbonyl (C=O) groups excluding carboxylic acids is 1. The third kappa shape index (κ3) is 4.66. The Labute approximate surface area is 130 Å². The lowest BCUT2D eigenvalue weighted by Crippen LogP contribution is -2.45. The summed E-state index contributed by atoms with van der Waals surface area (Å²) in [6.07, 6.45) is 0.0366. The fourth-order valence-electron chi connectivity index (χ4n) is 2.24. The molecule has 0 aromatic carbocycles. The average molecular weight is 312 g/mol. The monoisotopic (exact) mass is 311 g/mol. The van der Waals surface area contributed by atoms with Gasteiger partial charge in [0.15, 0.2) is 0 Å². The summed E-state index contributed by atoms with van der Waals surface area (Å²) in [5.41, 5.74) is 1.36. The van der Waals surface area contributed by atoms with Crippen molar-refractivity contribution in [2.45, 2.75) is 25.9 Å². The molecule has 116 valence electrons. The van der Waals surface area contributed by atoms with E-state index in [9.17, 15) is 4.79 Å². The van der Waals surface area contributed by atoms with E-state index in [1.165, 1.54) is 0 Å². The summed E-state index contributed by atoms with van der Waals surface area (Å²) in [6.45, 7) is 7.00. The first kappa shape index (κ1) is 16.2. The molecule has 0 saturated carbocycles. The number of pyridine rings is 1. The second-order valence-corrected chi connectivity index (χ2v) is 6.11. The minimum atomic E-state index is -0.141. The maximum absolute atomic E-state index is 12.2. The van der Waals surface area contributed by atoms with E-state index in [1.54, 1.807) is 12.1 Å². The Hall–Kier alpha value is -1.17. The number of ether oxygens (including phenoxy) is 1. The molecule has 1 unspecified atom stereocenters. The number of morpholine rings is 1. The van der Waals surface area contributed by atoms with E-state index >= 15 is 0 Å². The average Bonchev–Trinajstić information content (AvgIpc) is 2.44. The second kappa shape index (κ2) is 7.20. The van der Waals surface area contributed by atoms with Gasteiger partial charge in [-0.05, 0) is 25.1 Å². The van der Waals surface area contributed by atoms with Gasteiger partial charge in [-0.3, -0.25) is 4.79 Å². The van der Waals surface area contributed by atoms with Crippen LogP contribution in [0.1, 0.15) is 35.8 Å². The molecule has 1 atom stereocenters. The number of nitrogens with one attached hydrogen (secondary N) is 1. The molecule has 21 heavy (non-hydrogen) atoms. The molecule has 0 aliphatic carbocycles. The van der Waals surface area contributed by atoms with E-state index in [-0.39, 0.29) is 17.9 Å². The van der Waals surface area contributed by atoms with Crippen LogP contribution < -0.4 is 5.32 Å². The molecule has 1 N–H and O–H groups in total. The molecule has 0 bridgehead atoms. The molecule has 1 aliphatic rings. The van der Waals surface area contributed by atoms with Crippen LogP contribution in [0.2, 0.25) is 5.15 Å². The Morgan fingerprint density at radius 2 is 2.33 bits per heavy atom. The third-order valence-corrected chi connectivity index (χ3v) is 3.69. The van der Waals surface area contributed by atoms with E-state index in [0.717, 1.165) is 18.8 Å².